The molecule has 6 heteroatoms. The van der Waals surface area contributed by atoms with Gasteiger partial charge in [-0.05, 0) is 31.4 Å². The Hall–Kier alpha value is -0.650. The van der Waals surface area contributed by atoms with Gasteiger partial charge < -0.3 is 0 Å². The molecule has 18 heavy (non-hydrogen) atoms. The van der Waals surface area contributed by atoms with E-state index in [1.165, 1.54) is 18.3 Å². The van der Waals surface area contributed by atoms with Crippen LogP contribution in [0.25, 0.3) is 0 Å². The Bertz CT molecular complexity index is 501. The second-order valence-corrected chi connectivity index (χ2v) is 6.77. The molecule has 1 unspecified atom stereocenters. The summed E-state index contributed by atoms with van der Waals surface area (Å²) >= 11 is 5.68. The molecule has 1 aliphatic heterocycles. The standard InChI is InChI=1S/C12H17ClN2O2S/c1-2-10-5-3-4-8-15(10)18(16,17)11-6-7-12(13)14-9-11/h6-7,9-10H,2-5,8H2,1H3. The maximum absolute atomic E-state index is 12.5. The number of rotatable bonds is 3. The lowest BCUT2D eigenvalue weighted by molar-refractivity contribution is 0.246. The van der Waals surface area contributed by atoms with Crippen molar-refractivity contribution in [1.82, 2.24) is 9.29 Å². The van der Waals surface area contributed by atoms with Crippen molar-refractivity contribution in [3.05, 3.63) is 23.5 Å². The van der Waals surface area contributed by atoms with Crippen molar-refractivity contribution in [1.29, 1.82) is 0 Å². The van der Waals surface area contributed by atoms with Crippen molar-refractivity contribution in [2.75, 3.05) is 6.54 Å². The predicted octanol–water partition coefficient (Wildman–Crippen LogP) is 2.69. The van der Waals surface area contributed by atoms with E-state index < -0.39 is 10.0 Å². The summed E-state index contributed by atoms with van der Waals surface area (Å²) in [6.45, 7) is 2.63. The Morgan fingerprint density at radius 1 is 1.44 bits per heavy atom. The molecule has 1 saturated heterocycles. The van der Waals surface area contributed by atoms with Crippen LogP contribution >= 0.6 is 11.6 Å². The molecule has 1 aliphatic rings. The number of nitrogens with zero attached hydrogens (tertiary/aromatic N) is 2. The zero-order valence-electron chi connectivity index (χ0n) is 10.3. The highest BCUT2D eigenvalue weighted by molar-refractivity contribution is 7.89. The van der Waals surface area contributed by atoms with Crippen LogP contribution in [0.5, 0.6) is 0 Å². The molecule has 100 valence electrons. The third-order valence-corrected chi connectivity index (χ3v) is 5.51. The summed E-state index contributed by atoms with van der Waals surface area (Å²) in [6.07, 6.45) is 5.15. The topological polar surface area (TPSA) is 50.3 Å². The number of pyridine rings is 1. The third kappa shape index (κ3) is 2.68. The van der Waals surface area contributed by atoms with Crippen molar-refractivity contribution in [3.63, 3.8) is 0 Å². The number of aromatic nitrogens is 1. The zero-order valence-corrected chi connectivity index (χ0v) is 11.9. The minimum atomic E-state index is -3.43. The molecule has 1 aromatic heterocycles. The van der Waals surface area contributed by atoms with Gasteiger partial charge in [0.1, 0.15) is 10.0 Å². The van der Waals surface area contributed by atoms with Crippen LogP contribution in [0.2, 0.25) is 5.15 Å². The summed E-state index contributed by atoms with van der Waals surface area (Å²) in [5, 5.41) is 0.305. The van der Waals surface area contributed by atoms with Crippen LogP contribution in [0, 0.1) is 0 Å². The number of piperidine rings is 1. The molecule has 0 amide bonds. The second kappa shape index (κ2) is 5.55. The van der Waals surface area contributed by atoms with Gasteiger partial charge in [-0.15, -0.1) is 0 Å². The Balaban J connectivity index is 2.32. The molecule has 0 N–H and O–H groups in total. The fraction of sp³-hybridized carbons (Fsp3) is 0.583. The first-order valence-electron chi connectivity index (χ1n) is 6.19. The molecule has 0 aliphatic carbocycles. The van der Waals surface area contributed by atoms with Crippen LogP contribution in [0.4, 0.5) is 0 Å². The smallest absolute Gasteiger partial charge is 0.243 e. The lowest BCUT2D eigenvalue weighted by atomic mass is 10.0. The van der Waals surface area contributed by atoms with Crippen molar-refractivity contribution in [2.45, 2.75) is 43.5 Å². The molecule has 1 aromatic rings. The largest absolute Gasteiger partial charge is 0.244 e. The lowest BCUT2D eigenvalue weighted by Crippen LogP contribution is -2.43. The van der Waals surface area contributed by atoms with E-state index in [2.05, 4.69) is 4.98 Å². The highest BCUT2D eigenvalue weighted by atomic mass is 35.5. The first kappa shape index (κ1) is 13.8. The first-order valence-corrected chi connectivity index (χ1v) is 8.01. The molecule has 0 radical (unpaired) electrons. The second-order valence-electron chi connectivity index (χ2n) is 4.49. The van der Waals surface area contributed by atoms with Gasteiger partial charge >= 0.3 is 0 Å². The van der Waals surface area contributed by atoms with E-state index in [1.807, 2.05) is 6.92 Å². The van der Waals surface area contributed by atoms with Crippen LogP contribution in [-0.2, 0) is 10.0 Å². The average Bonchev–Trinajstić information content (AvgIpc) is 2.39. The summed E-state index contributed by atoms with van der Waals surface area (Å²) in [4.78, 5) is 4.08. The number of hydrogen-bond donors (Lipinski definition) is 0. The van der Waals surface area contributed by atoms with Crippen LogP contribution in [-0.4, -0.2) is 30.3 Å². The zero-order chi connectivity index (χ0) is 13.2. The Morgan fingerprint density at radius 2 is 2.22 bits per heavy atom. The molecule has 0 aromatic carbocycles. The van der Waals surface area contributed by atoms with E-state index >= 15 is 0 Å². The van der Waals surface area contributed by atoms with Crippen molar-refractivity contribution in [2.24, 2.45) is 0 Å². The molecule has 2 rings (SSSR count). The molecule has 0 saturated carbocycles. The SMILES string of the molecule is CCC1CCCCN1S(=O)(=O)c1ccc(Cl)nc1. The number of halogens is 1. The Labute approximate surface area is 113 Å². The highest BCUT2D eigenvalue weighted by Crippen LogP contribution is 2.26. The summed E-state index contributed by atoms with van der Waals surface area (Å²) < 4.78 is 26.6. The summed E-state index contributed by atoms with van der Waals surface area (Å²) in [6, 6.07) is 3.14. The van der Waals surface area contributed by atoms with Crippen molar-refractivity contribution >= 4 is 21.6 Å². The quantitative estimate of drug-likeness (QED) is 0.804. The van der Waals surface area contributed by atoms with Crippen molar-refractivity contribution < 1.29 is 8.42 Å². The molecule has 1 fully saturated rings. The summed E-state index contributed by atoms with van der Waals surface area (Å²) in [5.74, 6) is 0. The predicted molar refractivity (Wildman–Crippen MR) is 71.1 cm³/mol. The minimum Gasteiger partial charge on any atom is -0.243 e. The maximum atomic E-state index is 12.5. The Morgan fingerprint density at radius 3 is 2.83 bits per heavy atom. The van der Waals surface area contributed by atoms with Crippen LogP contribution in [0.15, 0.2) is 23.2 Å². The van der Waals surface area contributed by atoms with Gasteiger partial charge in [-0.2, -0.15) is 4.31 Å². The maximum Gasteiger partial charge on any atom is 0.244 e. The highest BCUT2D eigenvalue weighted by Gasteiger charge is 2.32. The molecular formula is C12H17ClN2O2S. The van der Waals surface area contributed by atoms with Gasteiger partial charge in [-0.1, -0.05) is 24.9 Å². The van der Waals surface area contributed by atoms with Gasteiger partial charge in [0.25, 0.3) is 0 Å². The van der Waals surface area contributed by atoms with Gasteiger partial charge in [0.05, 0.1) is 0 Å². The molecule has 1 atom stereocenters. The fourth-order valence-corrected chi connectivity index (χ4v) is 4.17. The lowest BCUT2D eigenvalue weighted by Gasteiger charge is -2.33. The molecule has 0 bridgehead atoms. The number of sulfonamides is 1. The normalized spacial score (nSPS) is 22.0. The fourth-order valence-electron chi connectivity index (χ4n) is 2.35. The molecule has 4 nitrogen and oxygen atoms in total. The monoisotopic (exact) mass is 288 g/mol. The molecular weight excluding hydrogens is 272 g/mol. The Kier molecular flexibility index (Phi) is 4.25. The van der Waals surface area contributed by atoms with Crippen LogP contribution < -0.4 is 0 Å². The van der Waals surface area contributed by atoms with Gasteiger partial charge in [-0.3, -0.25) is 0 Å². The molecule has 2 heterocycles. The first-order chi connectivity index (χ1) is 8.55. The third-order valence-electron chi connectivity index (χ3n) is 3.35. The van der Waals surface area contributed by atoms with E-state index in [0.717, 1.165) is 25.7 Å². The van der Waals surface area contributed by atoms with Crippen molar-refractivity contribution in [3.8, 4) is 0 Å². The number of hydrogen-bond acceptors (Lipinski definition) is 3. The summed E-state index contributed by atoms with van der Waals surface area (Å²) in [5.41, 5.74) is 0. The van der Waals surface area contributed by atoms with Gasteiger partial charge in [-0.25, -0.2) is 13.4 Å². The van der Waals surface area contributed by atoms with E-state index in [9.17, 15) is 8.42 Å². The van der Waals surface area contributed by atoms with E-state index in [0.29, 0.717) is 11.7 Å². The van der Waals surface area contributed by atoms with Gasteiger partial charge in [0, 0.05) is 18.8 Å². The minimum absolute atomic E-state index is 0.111. The van der Waals surface area contributed by atoms with E-state index in [-0.39, 0.29) is 10.9 Å². The van der Waals surface area contributed by atoms with Crippen LogP contribution in [0.3, 0.4) is 0 Å². The van der Waals surface area contributed by atoms with E-state index in [4.69, 9.17) is 11.6 Å². The van der Waals surface area contributed by atoms with Gasteiger partial charge in [0.15, 0.2) is 0 Å². The van der Waals surface area contributed by atoms with E-state index in [1.54, 1.807) is 4.31 Å². The molecule has 0 spiro atoms. The van der Waals surface area contributed by atoms with Crippen LogP contribution in [0.1, 0.15) is 32.6 Å². The summed E-state index contributed by atoms with van der Waals surface area (Å²) in [7, 11) is -3.43. The van der Waals surface area contributed by atoms with Gasteiger partial charge in [0.2, 0.25) is 10.0 Å². The average molecular weight is 289 g/mol.